The van der Waals surface area contributed by atoms with Crippen LogP contribution in [0.4, 0.5) is 3.89 Å². The van der Waals surface area contributed by atoms with Crippen LogP contribution in [0.2, 0.25) is 0 Å². The number of hydrogen-bond acceptors (Lipinski definition) is 4. The van der Waals surface area contributed by atoms with E-state index in [4.69, 9.17) is 9.47 Å². The van der Waals surface area contributed by atoms with Crippen LogP contribution in [0.3, 0.4) is 0 Å². The van der Waals surface area contributed by atoms with E-state index in [1.807, 2.05) is 0 Å². The van der Waals surface area contributed by atoms with E-state index in [0.29, 0.717) is 19.6 Å². The van der Waals surface area contributed by atoms with Gasteiger partial charge >= 0.3 is 10.2 Å². The smallest absolute Gasteiger partial charge is 0.304 e. The largest absolute Gasteiger partial charge is 0.378 e. The SMILES string of the molecule is O=S(=O)(F)CC1CC2COCC2O1. The van der Waals surface area contributed by atoms with Crippen molar-refractivity contribution in [2.24, 2.45) is 5.92 Å². The third-order valence-corrected chi connectivity index (χ3v) is 3.23. The average molecular weight is 210 g/mol. The molecule has 2 heterocycles. The molecule has 0 saturated carbocycles. The van der Waals surface area contributed by atoms with E-state index in [9.17, 15) is 12.3 Å². The maximum absolute atomic E-state index is 12.3. The van der Waals surface area contributed by atoms with E-state index in [-0.39, 0.29) is 12.0 Å². The summed E-state index contributed by atoms with van der Waals surface area (Å²) in [6.45, 7) is 1.11. The van der Waals surface area contributed by atoms with E-state index >= 15 is 0 Å². The Morgan fingerprint density at radius 2 is 2.15 bits per heavy atom. The first kappa shape index (κ1) is 9.36. The van der Waals surface area contributed by atoms with Crippen LogP contribution >= 0.6 is 0 Å². The summed E-state index contributed by atoms with van der Waals surface area (Å²) in [7, 11) is -4.40. The molecule has 4 nitrogen and oxygen atoms in total. The van der Waals surface area contributed by atoms with E-state index in [1.54, 1.807) is 0 Å². The van der Waals surface area contributed by atoms with Crippen molar-refractivity contribution in [3.8, 4) is 0 Å². The molecule has 2 fully saturated rings. The van der Waals surface area contributed by atoms with Crippen molar-refractivity contribution in [2.45, 2.75) is 18.6 Å². The van der Waals surface area contributed by atoms with Crippen LogP contribution in [0.15, 0.2) is 0 Å². The Kier molecular flexibility index (Phi) is 2.29. The standard InChI is InChI=1S/C7H11FO4S/c8-13(9,10)4-6-1-5-2-11-3-7(5)12-6/h5-7H,1-4H2. The van der Waals surface area contributed by atoms with Gasteiger partial charge in [-0.1, -0.05) is 0 Å². The van der Waals surface area contributed by atoms with Crippen molar-refractivity contribution in [1.82, 2.24) is 0 Å². The number of hydrogen-bond donors (Lipinski definition) is 0. The molecule has 0 aliphatic carbocycles. The van der Waals surface area contributed by atoms with Gasteiger partial charge in [0.2, 0.25) is 0 Å². The third kappa shape index (κ3) is 2.18. The first-order chi connectivity index (χ1) is 6.04. The molecule has 0 bridgehead atoms. The fourth-order valence-corrected chi connectivity index (χ4v) is 2.58. The van der Waals surface area contributed by atoms with Gasteiger partial charge in [-0.3, -0.25) is 0 Å². The van der Waals surface area contributed by atoms with Crippen LogP contribution in [-0.2, 0) is 19.7 Å². The number of halogens is 1. The normalized spacial score (nSPS) is 39.3. The minimum atomic E-state index is -4.40. The highest BCUT2D eigenvalue weighted by Crippen LogP contribution is 2.31. The van der Waals surface area contributed by atoms with Gasteiger partial charge in [0, 0.05) is 5.92 Å². The Hall–Kier alpha value is -0.200. The number of rotatable bonds is 2. The molecule has 3 unspecified atom stereocenters. The zero-order valence-electron chi connectivity index (χ0n) is 6.98. The van der Waals surface area contributed by atoms with Gasteiger partial charge in [-0.15, -0.1) is 3.89 Å². The summed E-state index contributed by atoms with van der Waals surface area (Å²) in [5, 5.41) is 0. The van der Waals surface area contributed by atoms with Crippen molar-refractivity contribution in [2.75, 3.05) is 19.0 Å². The summed E-state index contributed by atoms with van der Waals surface area (Å²) in [6.07, 6.45) is 0.0917. The summed E-state index contributed by atoms with van der Waals surface area (Å²) in [6, 6.07) is 0. The minimum absolute atomic E-state index is 0.0215. The number of fused-ring (bicyclic) bond motifs is 1. The fraction of sp³-hybridized carbons (Fsp3) is 1.00. The molecule has 0 aromatic rings. The molecule has 0 aromatic carbocycles. The van der Waals surface area contributed by atoms with E-state index in [0.717, 1.165) is 0 Å². The summed E-state index contributed by atoms with van der Waals surface area (Å²) >= 11 is 0. The summed E-state index contributed by atoms with van der Waals surface area (Å²) in [5.74, 6) is -0.258. The zero-order chi connectivity index (χ0) is 9.47. The molecule has 0 N–H and O–H groups in total. The minimum Gasteiger partial charge on any atom is -0.378 e. The quantitative estimate of drug-likeness (QED) is 0.606. The Balaban J connectivity index is 1.92. The molecule has 0 radical (unpaired) electrons. The Morgan fingerprint density at radius 1 is 1.38 bits per heavy atom. The third-order valence-electron chi connectivity index (χ3n) is 2.46. The molecular weight excluding hydrogens is 199 g/mol. The first-order valence-corrected chi connectivity index (χ1v) is 5.75. The maximum atomic E-state index is 12.3. The zero-order valence-corrected chi connectivity index (χ0v) is 7.80. The highest BCUT2D eigenvalue weighted by Gasteiger charge is 2.40. The predicted octanol–water partition coefficient (Wildman–Crippen LogP) is 0.0896. The van der Waals surface area contributed by atoms with Crippen molar-refractivity contribution >= 4 is 10.2 Å². The first-order valence-electron chi connectivity index (χ1n) is 4.20. The van der Waals surface area contributed by atoms with Crippen LogP contribution in [0.1, 0.15) is 6.42 Å². The highest BCUT2D eigenvalue weighted by molar-refractivity contribution is 7.86. The van der Waals surface area contributed by atoms with E-state index < -0.39 is 22.1 Å². The molecule has 0 amide bonds. The molecule has 0 aromatic heterocycles. The Morgan fingerprint density at radius 3 is 2.77 bits per heavy atom. The van der Waals surface area contributed by atoms with E-state index in [2.05, 4.69) is 0 Å². The second-order valence-electron chi connectivity index (χ2n) is 3.54. The van der Waals surface area contributed by atoms with Crippen LogP contribution < -0.4 is 0 Å². The molecule has 2 aliphatic rings. The van der Waals surface area contributed by atoms with Crippen molar-refractivity contribution in [1.29, 1.82) is 0 Å². The maximum Gasteiger partial charge on any atom is 0.304 e. The molecule has 76 valence electrons. The predicted molar refractivity (Wildman–Crippen MR) is 42.5 cm³/mol. The molecule has 13 heavy (non-hydrogen) atoms. The Bertz CT molecular complexity index is 277. The summed E-state index contributed by atoms with van der Waals surface area (Å²) < 4.78 is 43.4. The lowest BCUT2D eigenvalue weighted by atomic mass is 10.0. The molecule has 6 heteroatoms. The number of ether oxygens (including phenoxy) is 2. The summed E-state index contributed by atoms with van der Waals surface area (Å²) in [4.78, 5) is 0. The topological polar surface area (TPSA) is 52.6 Å². The Labute approximate surface area is 76.2 Å². The highest BCUT2D eigenvalue weighted by atomic mass is 32.3. The lowest BCUT2D eigenvalue weighted by molar-refractivity contribution is 0.0297. The van der Waals surface area contributed by atoms with Gasteiger partial charge in [-0.2, -0.15) is 8.42 Å². The fourth-order valence-electron chi connectivity index (χ4n) is 1.92. The van der Waals surface area contributed by atoms with Gasteiger partial charge in [0.25, 0.3) is 0 Å². The van der Waals surface area contributed by atoms with Gasteiger partial charge in [0.05, 0.1) is 25.4 Å². The van der Waals surface area contributed by atoms with Gasteiger partial charge < -0.3 is 9.47 Å². The molecule has 0 spiro atoms. The van der Waals surface area contributed by atoms with Crippen molar-refractivity contribution in [3.63, 3.8) is 0 Å². The second kappa shape index (κ2) is 3.18. The molecule has 2 rings (SSSR count). The lowest BCUT2D eigenvalue weighted by Gasteiger charge is -2.08. The van der Waals surface area contributed by atoms with Crippen LogP contribution in [0.25, 0.3) is 0 Å². The van der Waals surface area contributed by atoms with Gasteiger partial charge in [-0.05, 0) is 6.42 Å². The van der Waals surface area contributed by atoms with Gasteiger partial charge in [0.15, 0.2) is 0 Å². The van der Waals surface area contributed by atoms with Crippen LogP contribution in [0, 0.1) is 5.92 Å². The second-order valence-corrected chi connectivity index (χ2v) is 4.95. The average Bonchev–Trinajstić information content (AvgIpc) is 2.40. The monoisotopic (exact) mass is 210 g/mol. The molecule has 2 aliphatic heterocycles. The molecule has 2 saturated heterocycles. The van der Waals surface area contributed by atoms with Gasteiger partial charge in [0.1, 0.15) is 5.75 Å². The van der Waals surface area contributed by atoms with Crippen LogP contribution in [0.5, 0.6) is 0 Å². The van der Waals surface area contributed by atoms with Crippen LogP contribution in [-0.4, -0.2) is 39.6 Å². The summed E-state index contributed by atoms with van der Waals surface area (Å²) in [5.41, 5.74) is 0. The van der Waals surface area contributed by atoms with Gasteiger partial charge in [-0.25, -0.2) is 0 Å². The van der Waals surface area contributed by atoms with Crippen molar-refractivity contribution in [3.05, 3.63) is 0 Å². The molecule has 3 atom stereocenters. The lowest BCUT2D eigenvalue weighted by Crippen LogP contribution is -2.20. The van der Waals surface area contributed by atoms with E-state index in [1.165, 1.54) is 0 Å². The molecular formula is C7H11FO4S. The van der Waals surface area contributed by atoms with Crippen molar-refractivity contribution < 1.29 is 21.8 Å².